The van der Waals surface area contributed by atoms with Crippen LogP contribution >= 0.6 is 0 Å². The number of aromatic nitrogens is 3. The van der Waals surface area contributed by atoms with Crippen LogP contribution in [0.15, 0.2) is 199 Å². The lowest BCUT2D eigenvalue weighted by molar-refractivity contribution is 0.669. The molecule has 0 spiro atoms. The van der Waals surface area contributed by atoms with Crippen molar-refractivity contribution >= 4 is 71.6 Å². The molecule has 0 unspecified atom stereocenters. The molecule has 0 saturated carbocycles. The van der Waals surface area contributed by atoms with Crippen LogP contribution in [0.2, 0.25) is 0 Å². The molecule has 9 aromatic carbocycles. The van der Waals surface area contributed by atoms with Crippen LogP contribution < -0.4 is 4.90 Å². The number of furan rings is 1. The maximum atomic E-state index is 6.40. The molecule has 0 saturated heterocycles. The van der Waals surface area contributed by atoms with Crippen molar-refractivity contribution in [2.75, 3.05) is 4.90 Å². The molecule has 258 valence electrons. The van der Waals surface area contributed by atoms with E-state index >= 15 is 0 Å². The van der Waals surface area contributed by atoms with Crippen LogP contribution in [0.1, 0.15) is 0 Å². The molecule has 0 fully saturated rings. The summed E-state index contributed by atoms with van der Waals surface area (Å²) >= 11 is 0. The molecule has 0 amide bonds. The largest absolute Gasteiger partial charge is 0.456 e. The Morgan fingerprint density at radius 2 is 1.02 bits per heavy atom. The highest BCUT2D eigenvalue weighted by molar-refractivity contribution is 6.19. The molecule has 11 aromatic rings. The third-order valence-corrected chi connectivity index (χ3v) is 10.6. The van der Waals surface area contributed by atoms with E-state index < -0.39 is 0 Å². The van der Waals surface area contributed by atoms with E-state index in [1.54, 1.807) is 4.80 Å². The minimum Gasteiger partial charge on any atom is -0.456 e. The van der Waals surface area contributed by atoms with Crippen LogP contribution in [0, 0.1) is 0 Å². The molecule has 0 aliphatic carbocycles. The Kier molecular flexibility index (Phi) is 7.10. The summed E-state index contributed by atoms with van der Waals surface area (Å²) in [5.74, 6) is 0. The number of rotatable bonds is 6. The van der Waals surface area contributed by atoms with Gasteiger partial charge in [-0.3, -0.25) is 0 Å². The Balaban J connectivity index is 1.07. The van der Waals surface area contributed by atoms with Gasteiger partial charge in [-0.1, -0.05) is 121 Å². The number of hydrogen-bond donors (Lipinski definition) is 0. The predicted molar refractivity (Wildman–Crippen MR) is 227 cm³/mol. The fourth-order valence-electron chi connectivity index (χ4n) is 7.95. The van der Waals surface area contributed by atoms with Gasteiger partial charge in [-0.05, 0) is 105 Å². The highest BCUT2D eigenvalue weighted by Gasteiger charge is 2.18. The third-order valence-electron chi connectivity index (χ3n) is 10.6. The monoisotopic (exact) mass is 704 g/mol. The molecule has 0 aliphatic heterocycles. The molecular weight excluding hydrogens is 673 g/mol. The summed E-state index contributed by atoms with van der Waals surface area (Å²) in [6.07, 6.45) is 0. The van der Waals surface area contributed by atoms with E-state index in [0.717, 1.165) is 94.0 Å². The van der Waals surface area contributed by atoms with Gasteiger partial charge in [-0.2, -0.15) is 4.80 Å². The molecule has 55 heavy (non-hydrogen) atoms. The Morgan fingerprint density at radius 1 is 0.400 bits per heavy atom. The van der Waals surface area contributed by atoms with Crippen molar-refractivity contribution in [1.82, 2.24) is 15.0 Å². The van der Waals surface area contributed by atoms with E-state index in [1.165, 1.54) is 5.56 Å². The summed E-state index contributed by atoms with van der Waals surface area (Å²) in [6, 6.07) is 68.3. The smallest absolute Gasteiger partial charge is 0.137 e. The Morgan fingerprint density at radius 3 is 1.84 bits per heavy atom. The summed E-state index contributed by atoms with van der Waals surface area (Å²) in [5, 5.41) is 16.7. The molecule has 0 radical (unpaired) electrons. The SMILES string of the molecule is c1ccc(-c2cccc(N(c3cccc(-c4ccc5ccc6ccc7nn(-c8ccccc8)nc7c6c5c4)c3)c3ccc4c(c3)oc3ccccc34)c2)cc1. The highest BCUT2D eigenvalue weighted by Crippen LogP contribution is 2.41. The molecule has 0 bridgehead atoms. The van der Waals surface area contributed by atoms with Gasteiger partial charge in [0.05, 0.1) is 5.69 Å². The molecule has 11 rings (SSSR count). The van der Waals surface area contributed by atoms with E-state index in [-0.39, 0.29) is 0 Å². The van der Waals surface area contributed by atoms with Crippen LogP contribution in [0.5, 0.6) is 0 Å². The van der Waals surface area contributed by atoms with Gasteiger partial charge >= 0.3 is 0 Å². The standard InChI is InChI=1S/C50H32N4O/c1-3-11-33(12-4-1)36-13-9-17-40(29-36)53(42-26-27-44-43-19-7-8-20-47(43)55-48(44)32-42)41-18-10-14-37(30-41)38-24-22-34-21-23-35-25-28-46-50(49(35)45(34)31-38)52-54(51-46)39-15-5-2-6-16-39/h1-32H. The lowest BCUT2D eigenvalue weighted by atomic mass is 9.96. The molecule has 2 heterocycles. The van der Waals surface area contributed by atoms with Gasteiger partial charge in [-0.25, -0.2) is 0 Å². The van der Waals surface area contributed by atoms with E-state index in [1.807, 2.05) is 42.5 Å². The highest BCUT2D eigenvalue weighted by atomic mass is 16.3. The quantitative estimate of drug-likeness (QED) is 0.162. The second-order valence-corrected chi connectivity index (χ2v) is 13.9. The van der Waals surface area contributed by atoms with Gasteiger partial charge in [0.2, 0.25) is 0 Å². The maximum Gasteiger partial charge on any atom is 0.137 e. The first-order valence-electron chi connectivity index (χ1n) is 18.5. The number of benzene rings is 9. The second kappa shape index (κ2) is 12.6. The predicted octanol–water partition coefficient (Wildman–Crippen LogP) is 13.4. The third kappa shape index (κ3) is 5.33. The van der Waals surface area contributed by atoms with Crippen LogP contribution in [0.3, 0.4) is 0 Å². The average Bonchev–Trinajstić information content (AvgIpc) is 3.86. The second-order valence-electron chi connectivity index (χ2n) is 13.9. The molecule has 0 N–H and O–H groups in total. The minimum atomic E-state index is 0.857. The van der Waals surface area contributed by atoms with Crippen LogP contribution in [-0.4, -0.2) is 15.0 Å². The first-order valence-corrected chi connectivity index (χ1v) is 18.5. The zero-order chi connectivity index (χ0) is 36.3. The molecular formula is C50H32N4O. The van der Waals surface area contributed by atoms with Crippen molar-refractivity contribution in [3.05, 3.63) is 194 Å². The van der Waals surface area contributed by atoms with E-state index in [0.29, 0.717) is 0 Å². The summed E-state index contributed by atoms with van der Waals surface area (Å²) in [4.78, 5) is 4.06. The first-order chi connectivity index (χ1) is 27.2. The van der Waals surface area contributed by atoms with E-state index in [9.17, 15) is 0 Å². The number of nitrogens with zero attached hydrogens (tertiary/aromatic N) is 4. The van der Waals surface area contributed by atoms with Crippen molar-refractivity contribution in [2.45, 2.75) is 0 Å². The number of fused-ring (bicyclic) bond motifs is 8. The number of para-hydroxylation sites is 2. The summed E-state index contributed by atoms with van der Waals surface area (Å²) < 4.78 is 6.40. The molecule has 2 aromatic heterocycles. The van der Waals surface area contributed by atoms with E-state index in [2.05, 4.69) is 157 Å². The summed E-state index contributed by atoms with van der Waals surface area (Å²) in [6.45, 7) is 0. The van der Waals surface area contributed by atoms with Crippen molar-refractivity contribution in [3.8, 4) is 27.9 Å². The molecule has 0 atom stereocenters. The van der Waals surface area contributed by atoms with Gasteiger partial charge in [0, 0.05) is 39.3 Å². The van der Waals surface area contributed by atoms with Crippen molar-refractivity contribution in [2.24, 2.45) is 0 Å². The normalized spacial score (nSPS) is 11.6. The van der Waals surface area contributed by atoms with Gasteiger partial charge in [0.1, 0.15) is 22.2 Å². The van der Waals surface area contributed by atoms with Crippen LogP contribution in [-0.2, 0) is 0 Å². The molecule has 5 heteroatoms. The van der Waals surface area contributed by atoms with Crippen molar-refractivity contribution < 1.29 is 4.42 Å². The first kappa shape index (κ1) is 31.1. The zero-order valence-electron chi connectivity index (χ0n) is 29.7. The average molecular weight is 705 g/mol. The van der Waals surface area contributed by atoms with Gasteiger partial charge in [-0.15, -0.1) is 10.2 Å². The Labute approximate surface area is 316 Å². The van der Waals surface area contributed by atoms with Crippen LogP contribution in [0.25, 0.3) is 82.5 Å². The van der Waals surface area contributed by atoms with Crippen molar-refractivity contribution in [1.29, 1.82) is 0 Å². The zero-order valence-corrected chi connectivity index (χ0v) is 29.7. The maximum absolute atomic E-state index is 6.40. The Hall–Kier alpha value is -7.50. The summed E-state index contributed by atoms with van der Waals surface area (Å²) in [5.41, 5.74) is 12.1. The van der Waals surface area contributed by atoms with Gasteiger partial charge in [0.15, 0.2) is 0 Å². The van der Waals surface area contributed by atoms with Crippen LogP contribution in [0.4, 0.5) is 17.1 Å². The van der Waals surface area contributed by atoms with Gasteiger partial charge < -0.3 is 9.32 Å². The van der Waals surface area contributed by atoms with Gasteiger partial charge in [0.25, 0.3) is 0 Å². The summed E-state index contributed by atoms with van der Waals surface area (Å²) in [7, 11) is 0. The fourth-order valence-corrected chi connectivity index (χ4v) is 7.95. The lowest BCUT2D eigenvalue weighted by Crippen LogP contribution is -2.10. The van der Waals surface area contributed by atoms with E-state index in [4.69, 9.17) is 14.6 Å². The Bertz CT molecular complexity index is 3220. The number of anilines is 3. The number of hydrogen-bond acceptors (Lipinski definition) is 4. The molecule has 5 nitrogen and oxygen atoms in total. The van der Waals surface area contributed by atoms with Crippen molar-refractivity contribution in [3.63, 3.8) is 0 Å². The minimum absolute atomic E-state index is 0.857. The lowest BCUT2D eigenvalue weighted by Gasteiger charge is -2.26. The fraction of sp³-hybridized carbons (Fsp3) is 0. The molecule has 0 aliphatic rings. The topological polar surface area (TPSA) is 47.1 Å².